The SMILES string of the molecule is O=S(=O)(c1ccc(N=c2scc(-c3ccc(F)cc3)n2CCc2c[nH]c3ccccc23)cc1)N1CCOCC1. The molecule has 1 saturated heterocycles. The molecule has 10 heteroatoms. The number of rotatable bonds is 7. The Morgan fingerprint density at radius 2 is 1.72 bits per heavy atom. The maximum atomic E-state index is 13.6. The number of para-hydroxylation sites is 1. The number of morpholine rings is 1. The van der Waals surface area contributed by atoms with Crippen molar-refractivity contribution in [1.29, 1.82) is 0 Å². The molecule has 0 saturated carbocycles. The molecule has 39 heavy (non-hydrogen) atoms. The topological polar surface area (TPSA) is 79.7 Å². The van der Waals surface area contributed by atoms with Crippen LogP contribution in [0.5, 0.6) is 0 Å². The third-order valence-electron chi connectivity index (χ3n) is 6.89. The second kappa shape index (κ2) is 10.9. The Balaban J connectivity index is 1.33. The number of hydrogen-bond donors (Lipinski definition) is 1. The van der Waals surface area contributed by atoms with Crippen molar-refractivity contribution in [2.75, 3.05) is 26.3 Å². The van der Waals surface area contributed by atoms with Gasteiger partial charge in [0.2, 0.25) is 10.0 Å². The van der Waals surface area contributed by atoms with Gasteiger partial charge in [0.1, 0.15) is 5.82 Å². The highest BCUT2D eigenvalue weighted by Crippen LogP contribution is 2.25. The summed E-state index contributed by atoms with van der Waals surface area (Å²) in [4.78, 5) is 9.23. The molecule has 1 N–H and O–H groups in total. The maximum Gasteiger partial charge on any atom is 0.243 e. The van der Waals surface area contributed by atoms with Crippen molar-refractivity contribution in [3.8, 4) is 11.3 Å². The summed E-state index contributed by atoms with van der Waals surface area (Å²) in [5.41, 5.74) is 4.81. The molecule has 0 spiro atoms. The normalized spacial score (nSPS) is 15.3. The molecular weight excluding hydrogens is 535 g/mol. The number of aryl methyl sites for hydroxylation is 1. The number of hydrogen-bond acceptors (Lipinski definition) is 5. The zero-order valence-electron chi connectivity index (χ0n) is 21.1. The number of benzene rings is 3. The zero-order valence-corrected chi connectivity index (χ0v) is 22.7. The summed E-state index contributed by atoms with van der Waals surface area (Å²) in [6.07, 6.45) is 2.82. The average Bonchev–Trinajstić information content (AvgIpc) is 3.57. The van der Waals surface area contributed by atoms with Gasteiger partial charge in [0, 0.05) is 42.1 Å². The number of thiazole rings is 1. The van der Waals surface area contributed by atoms with Crippen LogP contribution in [0.2, 0.25) is 0 Å². The lowest BCUT2D eigenvalue weighted by molar-refractivity contribution is 0.0730. The van der Waals surface area contributed by atoms with Crippen LogP contribution in [-0.2, 0) is 27.7 Å². The molecular formula is C29H27FN4O3S2. The average molecular weight is 563 g/mol. The molecule has 1 fully saturated rings. The van der Waals surface area contributed by atoms with Crippen LogP contribution >= 0.6 is 11.3 Å². The summed E-state index contributed by atoms with van der Waals surface area (Å²) in [7, 11) is -3.57. The minimum atomic E-state index is -3.57. The van der Waals surface area contributed by atoms with Crippen molar-refractivity contribution in [3.63, 3.8) is 0 Å². The quantitative estimate of drug-likeness (QED) is 0.291. The number of aromatic amines is 1. The van der Waals surface area contributed by atoms with Crippen LogP contribution in [-0.4, -0.2) is 48.6 Å². The van der Waals surface area contributed by atoms with Gasteiger partial charge in [0.05, 0.1) is 29.5 Å². The number of aromatic nitrogens is 2. The zero-order chi connectivity index (χ0) is 26.8. The number of ether oxygens (including phenoxy) is 1. The van der Waals surface area contributed by atoms with E-state index in [1.807, 2.05) is 23.7 Å². The van der Waals surface area contributed by atoms with E-state index in [1.165, 1.54) is 38.7 Å². The lowest BCUT2D eigenvalue weighted by atomic mass is 10.1. The Labute approximate surface area is 229 Å². The first-order valence-electron chi connectivity index (χ1n) is 12.7. The summed E-state index contributed by atoms with van der Waals surface area (Å²) < 4.78 is 48.5. The summed E-state index contributed by atoms with van der Waals surface area (Å²) in [6.45, 7) is 2.18. The standard InChI is InChI=1S/C29H27FN4O3S2/c30-23-7-5-21(6-8-23)28-20-38-29(34(28)14-13-22-19-31-27-4-2-1-3-26(22)27)32-24-9-11-25(12-10-24)39(35,36)33-15-17-37-18-16-33/h1-12,19-20,31H,13-18H2. The Morgan fingerprint density at radius 1 is 0.974 bits per heavy atom. The number of H-pyrrole nitrogens is 1. The summed E-state index contributed by atoms with van der Waals surface area (Å²) in [5.74, 6) is -0.281. The fourth-order valence-electron chi connectivity index (χ4n) is 4.80. The second-order valence-corrected chi connectivity index (χ2v) is 12.1. The van der Waals surface area contributed by atoms with Crippen LogP contribution in [0.1, 0.15) is 5.56 Å². The van der Waals surface area contributed by atoms with Gasteiger partial charge in [0.15, 0.2) is 4.80 Å². The highest BCUT2D eigenvalue weighted by Gasteiger charge is 2.26. The van der Waals surface area contributed by atoms with Crippen molar-refractivity contribution in [2.24, 2.45) is 4.99 Å². The molecule has 1 aliphatic heterocycles. The number of sulfonamides is 1. The fourth-order valence-corrected chi connectivity index (χ4v) is 7.16. The van der Waals surface area contributed by atoms with E-state index in [0.29, 0.717) is 38.5 Å². The van der Waals surface area contributed by atoms with Gasteiger partial charge in [-0.1, -0.05) is 18.2 Å². The Kier molecular flexibility index (Phi) is 7.18. The lowest BCUT2D eigenvalue weighted by Crippen LogP contribution is -2.40. The van der Waals surface area contributed by atoms with Gasteiger partial charge in [-0.2, -0.15) is 4.31 Å². The van der Waals surface area contributed by atoms with Crippen LogP contribution in [0.4, 0.5) is 10.1 Å². The minimum Gasteiger partial charge on any atom is -0.379 e. The van der Waals surface area contributed by atoms with Gasteiger partial charge in [-0.15, -0.1) is 11.3 Å². The molecule has 3 heterocycles. The molecule has 0 unspecified atom stereocenters. The fraction of sp³-hybridized carbons (Fsp3) is 0.207. The predicted molar refractivity (Wildman–Crippen MR) is 151 cm³/mol. The molecule has 0 atom stereocenters. The molecule has 200 valence electrons. The number of nitrogens with zero attached hydrogens (tertiary/aromatic N) is 3. The molecule has 0 bridgehead atoms. The first-order chi connectivity index (χ1) is 19.0. The predicted octanol–water partition coefficient (Wildman–Crippen LogP) is 5.33. The summed E-state index contributed by atoms with van der Waals surface area (Å²) in [5, 5.41) is 3.21. The third kappa shape index (κ3) is 5.33. The van der Waals surface area contributed by atoms with E-state index in [4.69, 9.17) is 9.73 Å². The van der Waals surface area contributed by atoms with Gasteiger partial charge in [-0.3, -0.25) is 0 Å². The van der Waals surface area contributed by atoms with E-state index >= 15 is 0 Å². The van der Waals surface area contributed by atoms with Crippen molar-refractivity contribution in [1.82, 2.24) is 13.9 Å². The smallest absolute Gasteiger partial charge is 0.243 e. The Morgan fingerprint density at radius 3 is 2.49 bits per heavy atom. The molecule has 2 aromatic heterocycles. The van der Waals surface area contributed by atoms with Crippen molar-refractivity contribution < 1.29 is 17.5 Å². The van der Waals surface area contributed by atoms with Gasteiger partial charge in [-0.05, 0) is 72.1 Å². The van der Waals surface area contributed by atoms with Crippen LogP contribution < -0.4 is 4.80 Å². The summed E-state index contributed by atoms with van der Waals surface area (Å²) in [6, 6.07) is 21.4. The van der Waals surface area contributed by atoms with E-state index in [0.717, 1.165) is 28.0 Å². The monoisotopic (exact) mass is 562 g/mol. The highest BCUT2D eigenvalue weighted by atomic mass is 32.2. The highest BCUT2D eigenvalue weighted by molar-refractivity contribution is 7.89. The molecule has 0 amide bonds. The van der Waals surface area contributed by atoms with Crippen LogP contribution in [0, 0.1) is 5.82 Å². The Hall–Kier alpha value is -3.57. The number of fused-ring (bicyclic) bond motifs is 1. The number of halogens is 1. The van der Waals surface area contributed by atoms with Crippen molar-refractivity contribution in [2.45, 2.75) is 17.9 Å². The maximum absolute atomic E-state index is 13.6. The Bertz CT molecular complexity index is 1770. The third-order valence-corrected chi connectivity index (χ3v) is 9.66. The molecule has 0 aliphatic carbocycles. The first-order valence-corrected chi connectivity index (χ1v) is 15.0. The molecule has 5 aromatic rings. The van der Waals surface area contributed by atoms with Gasteiger partial charge in [0.25, 0.3) is 0 Å². The van der Waals surface area contributed by atoms with Crippen LogP contribution in [0.15, 0.2) is 94.3 Å². The largest absolute Gasteiger partial charge is 0.379 e. The van der Waals surface area contributed by atoms with Gasteiger partial charge < -0.3 is 14.3 Å². The second-order valence-electron chi connectivity index (χ2n) is 9.29. The summed E-state index contributed by atoms with van der Waals surface area (Å²) >= 11 is 1.50. The molecule has 6 rings (SSSR count). The van der Waals surface area contributed by atoms with Crippen LogP contribution in [0.3, 0.4) is 0 Å². The molecule has 0 radical (unpaired) electrons. The van der Waals surface area contributed by atoms with E-state index < -0.39 is 10.0 Å². The molecule has 3 aromatic carbocycles. The van der Waals surface area contributed by atoms with E-state index in [2.05, 4.69) is 21.7 Å². The van der Waals surface area contributed by atoms with E-state index in [-0.39, 0.29) is 10.7 Å². The molecule has 1 aliphatic rings. The molecule has 7 nitrogen and oxygen atoms in total. The van der Waals surface area contributed by atoms with Crippen molar-refractivity contribution in [3.05, 3.63) is 101 Å². The number of nitrogens with one attached hydrogen (secondary N) is 1. The van der Waals surface area contributed by atoms with Gasteiger partial charge in [-0.25, -0.2) is 17.8 Å². The van der Waals surface area contributed by atoms with Crippen LogP contribution in [0.25, 0.3) is 22.2 Å². The minimum absolute atomic E-state index is 0.244. The van der Waals surface area contributed by atoms with Gasteiger partial charge >= 0.3 is 0 Å². The van der Waals surface area contributed by atoms with E-state index in [1.54, 1.807) is 36.4 Å². The first kappa shape index (κ1) is 25.7. The van der Waals surface area contributed by atoms with E-state index in [9.17, 15) is 12.8 Å². The van der Waals surface area contributed by atoms with Crippen molar-refractivity contribution >= 4 is 38.0 Å². The lowest BCUT2D eigenvalue weighted by Gasteiger charge is -2.26.